The molecule has 0 unspecified atom stereocenters. The molecule has 0 radical (unpaired) electrons. The highest BCUT2D eigenvalue weighted by atomic mass is 35.5. The molecule has 0 spiro atoms. The Hall–Kier alpha value is -0.810. The maximum absolute atomic E-state index is 11.2. The molecule has 15 heavy (non-hydrogen) atoms. The largest absolute Gasteiger partial charge is 0.466 e. The predicted molar refractivity (Wildman–Crippen MR) is 57.6 cm³/mol. The smallest absolute Gasteiger partial charge is 0.347 e. The summed E-state index contributed by atoms with van der Waals surface area (Å²) in [7, 11) is 1.25. The van der Waals surface area contributed by atoms with Gasteiger partial charge in [-0.1, -0.05) is 13.8 Å². The van der Waals surface area contributed by atoms with E-state index in [-0.39, 0.29) is 18.3 Å². The molecule has 90 valence electrons. The fourth-order valence-electron chi connectivity index (χ4n) is 0.805. The first-order valence-electron chi connectivity index (χ1n) is 4.44. The Bertz CT molecular complexity index is 218. The van der Waals surface area contributed by atoms with Crippen LogP contribution in [0.4, 0.5) is 0 Å². The van der Waals surface area contributed by atoms with Crippen molar-refractivity contribution in [2.24, 2.45) is 11.7 Å². The predicted octanol–water partition coefficient (Wildman–Crippen LogP) is 0.496. The lowest BCUT2D eigenvalue weighted by molar-refractivity contribution is -0.169. The van der Waals surface area contributed by atoms with Crippen LogP contribution in [0.25, 0.3) is 0 Å². The zero-order chi connectivity index (χ0) is 11.3. The van der Waals surface area contributed by atoms with Gasteiger partial charge in [-0.25, -0.2) is 4.79 Å². The van der Waals surface area contributed by atoms with Gasteiger partial charge >= 0.3 is 11.9 Å². The van der Waals surface area contributed by atoms with Crippen LogP contribution in [0.1, 0.15) is 20.8 Å². The zero-order valence-electron chi connectivity index (χ0n) is 9.35. The van der Waals surface area contributed by atoms with Crippen LogP contribution in [-0.2, 0) is 19.1 Å². The summed E-state index contributed by atoms with van der Waals surface area (Å²) in [5.41, 5.74) is 5.30. The number of hydrogen-bond acceptors (Lipinski definition) is 5. The van der Waals surface area contributed by atoms with Gasteiger partial charge in [0.2, 0.25) is 6.10 Å². The molecule has 2 N–H and O–H groups in total. The molecule has 2 atom stereocenters. The Balaban J connectivity index is 0. The molecule has 0 aliphatic heterocycles. The minimum absolute atomic E-state index is 0. The van der Waals surface area contributed by atoms with Gasteiger partial charge in [0.05, 0.1) is 7.11 Å². The second-order valence-electron chi connectivity index (χ2n) is 3.41. The molecule has 0 fully saturated rings. The van der Waals surface area contributed by atoms with Crippen molar-refractivity contribution >= 4 is 24.3 Å². The lowest BCUT2D eigenvalue weighted by atomic mass is 10.1. The number of ether oxygens (including phenoxy) is 2. The van der Waals surface area contributed by atoms with Crippen LogP contribution in [0.5, 0.6) is 0 Å². The van der Waals surface area contributed by atoms with Gasteiger partial charge in [0.1, 0.15) is 6.04 Å². The number of esters is 2. The maximum atomic E-state index is 11.2. The van der Waals surface area contributed by atoms with Crippen molar-refractivity contribution in [2.75, 3.05) is 7.11 Å². The van der Waals surface area contributed by atoms with Crippen LogP contribution < -0.4 is 5.73 Å². The SMILES string of the molecule is COC(=O)[C@@H](OC(=O)[C@H](C)N)C(C)C.Cl. The third-order valence-corrected chi connectivity index (χ3v) is 1.65. The van der Waals surface area contributed by atoms with Crippen molar-refractivity contribution in [3.8, 4) is 0 Å². The number of nitrogens with two attached hydrogens (primary N) is 1. The summed E-state index contributed by atoms with van der Waals surface area (Å²) in [6.45, 7) is 5.02. The van der Waals surface area contributed by atoms with Crippen LogP contribution in [0.2, 0.25) is 0 Å². The van der Waals surface area contributed by atoms with Crippen LogP contribution in [0.15, 0.2) is 0 Å². The lowest BCUT2D eigenvalue weighted by Crippen LogP contribution is -2.38. The minimum atomic E-state index is -0.876. The molecule has 0 aromatic rings. The fourth-order valence-corrected chi connectivity index (χ4v) is 0.805. The highest BCUT2D eigenvalue weighted by molar-refractivity contribution is 5.85. The molecule has 6 heteroatoms. The molecule has 0 aliphatic carbocycles. The Kier molecular flexibility index (Phi) is 8.28. The zero-order valence-corrected chi connectivity index (χ0v) is 10.2. The normalized spacial score (nSPS) is 13.7. The van der Waals surface area contributed by atoms with Crippen LogP contribution in [-0.4, -0.2) is 31.2 Å². The third kappa shape index (κ3) is 5.59. The van der Waals surface area contributed by atoms with Gasteiger partial charge in [0.25, 0.3) is 0 Å². The standard InChI is InChI=1S/C9H17NO4.ClH/c1-5(2)7(9(12)13-4)14-8(11)6(3)10;/h5-7H,10H2,1-4H3;1H/t6-,7-;/m0./s1. The lowest BCUT2D eigenvalue weighted by Gasteiger charge is -2.19. The molecule has 0 heterocycles. The molecule has 0 aromatic carbocycles. The van der Waals surface area contributed by atoms with Crippen LogP contribution >= 0.6 is 12.4 Å². The number of carbonyl (C=O) groups excluding carboxylic acids is 2. The van der Waals surface area contributed by atoms with Crippen molar-refractivity contribution in [1.82, 2.24) is 0 Å². The van der Waals surface area contributed by atoms with E-state index >= 15 is 0 Å². The Morgan fingerprint density at radius 2 is 1.60 bits per heavy atom. The van der Waals surface area contributed by atoms with Gasteiger partial charge in [0, 0.05) is 5.92 Å². The average molecular weight is 240 g/mol. The molecular formula is C9H18ClNO4. The summed E-state index contributed by atoms with van der Waals surface area (Å²) in [6, 6.07) is -0.735. The van der Waals surface area contributed by atoms with Gasteiger partial charge in [-0.15, -0.1) is 12.4 Å². The molecule has 0 aromatic heterocycles. The van der Waals surface area contributed by atoms with E-state index in [0.29, 0.717) is 0 Å². The first-order chi connectivity index (χ1) is 6.40. The van der Waals surface area contributed by atoms with E-state index in [9.17, 15) is 9.59 Å². The van der Waals surface area contributed by atoms with Gasteiger partial charge in [-0.2, -0.15) is 0 Å². The maximum Gasteiger partial charge on any atom is 0.347 e. The molecule has 0 saturated heterocycles. The Labute approximate surface area is 95.7 Å². The van der Waals surface area contributed by atoms with Crippen molar-refractivity contribution in [3.05, 3.63) is 0 Å². The number of methoxy groups -OCH3 is 1. The summed E-state index contributed by atoms with van der Waals surface area (Å²) in [4.78, 5) is 22.3. The molecule has 0 amide bonds. The topological polar surface area (TPSA) is 78.6 Å². The van der Waals surface area contributed by atoms with E-state index in [1.54, 1.807) is 13.8 Å². The molecule has 0 rings (SSSR count). The monoisotopic (exact) mass is 239 g/mol. The van der Waals surface area contributed by atoms with Crippen molar-refractivity contribution in [1.29, 1.82) is 0 Å². The fraction of sp³-hybridized carbons (Fsp3) is 0.778. The highest BCUT2D eigenvalue weighted by Gasteiger charge is 2.28. The van der Waals surface area contributed by atoms with Crippen LogP contribution in [0.3, 0.4) is 0 Å². The number of halogens is 1. The summed E-state index contributed by atoms with van der Waals surface area (Å²) < 4.78 is 9.38. The average Bonchev–Trinajstić information content (AvgIpc) is 2.11. The number of rotatable bonds is 4. The second-order valence-corrected chi connectivity index (χ2v) is 3.41. The number of hydrogen-bond donors (Lipinski definition) is 1. The van der Waals surface area contributed by atoms with Crippen molar-refractivity contribution < 1.29 is 19.1 Å². The van der Waals surface area contributed by atoms with E-state index in [0.717, 1.165) is 0 Å². The summed E-state index contributed by atoms with van der Waals surface area (Å²) in [5, 5.41) is 0. The van der Waals surface area contributed by atoms with Gasteiger partial charge < -0.3 is 15.2 Å². The third-order valence-electron chi connectivity index (χ3n) is 1.65. The molecule has 0 bridgehead atoms. The highest BCUT2D eigenvalue weighted by Crippen LogP contribution is 2.09. The molecule has 0 saturated carbocycles. The van der Waals surface area contributed by atoms with Gasteiger partial charge in [-0.3, -0.25) is 4.79 Å². The summed E-state index contributed by atoms with van der Waals surface area (Å²) >= 11 is 0. The second kappa shape index (κ2) is 7.48. The molecule has 5 nitrogen and oxygen atoms in total. The van der Waals surface area contributed by atoms with Crippen LogP contribution in [0, 0.1) is 5.92 Å². The van der Waals surface area contributed by atoms with E-state index in [2.05, 4.69) is 4.74 Å². The van der Waals surface area contributed by atoms with E-state index < -0.39 is 24.1 Å². The Morgan fingerprint density at radius 1 is 1.13 bits per heavy atom. The summed E-state index contributed by atoms with van der Waals surface area (Å²) in [6.07, 6.45) is -0.876. The Morgan fingerprint density at radius 3 is 1.87 bits per heavy atom. The first kappa shape index (κ1) is 16.6. The van der Waals surface area contributed by atoms with Gasteiger partial charge in [-0.05, 0) is 6.92 Å². The minimum Gasteiger partial charge on any atom is -0.466 e. The van der Waals surface area contributed by atoms with E-state index in [4.69, 9.17) is 10.5 Å². The van der Waals surface area contributed by atoms with E-state index in [1.807, 2.05) is 0 Å². The van der Waals surface area contributed by atoms with Gasteiger partial charge in [0.15, 0.2) is 0 Å². The number of carbonyl (C=O) groups is 2. The quantitative estimate of drug-likeness (QED) is 0.723. The first-order valence-corrected chi connectivity index (χ1v) is 4.44. The summed E-state index contributed by atoms with van der Waals surface area (Å²) in [5.74, 6) is -1.30. The van der Waals surface area contributed by atoms with Crippen molar-refractivity contribution in [2.45, 2.75) is 32.9 Å². The molecule has 0 aliphatic rings. The molecular weight excluding hydrogens is 222 g/mol. The van der Waals surface area contributed by atoms with E-state index in [1.165, 1.54) is 14.0 Å². The van der Waals surface area contributed by atoms with Crippen molar-refractivity contribution in [3.63, 3.8) is 0 Å².